The summed E-state index contributed by atoms with van der Waals surface area (Å²) in [5.74, 6) is -2.63. The third-order valence-electron chi connectivity index (χ3n) is 10.0. The molecule has 0 spiro atoms. The predicted molar refractivity (Wildman–Crippen MR) is 181 cm³/mol. The van der Waals surface area contributed by atoms with Gasteiger partial charge in [0.05, 0.1) is 6.54 Å². The molecule has 0 bridgehead atoms. The van der Waals surface area contributed by atoms with Gasteiger partial charge in [0.2, 0.25) is 11.8 Å². The second-order valence-corrected chi connectivity index (χ2v) is 15.7. The first-order valence-corrected chi connectivity index (χ1v) is 17.7. The standard InChI is InChI=1S/C37H52N4O8/c1-35(2,3)49-33(46)38-28-18-12-10-8-6-7-9-11-16-25-20-37(25,32(44)45)39-30(42)29-19-26(22-41(29)31(28)43)48-34(47)40-21-24-15-13-14-17-27(24)36(4,5)23-40/h11,13-17,25-26,28-29H,6-10,12,18-23H2,1-5H3,(H,38,46)(H,39,42)(H,44,45)/t25-,26-,28+,29+,37-/m1/s1. The number of aliphatic carboxylic acids is 1. The van der Waals surface area contributed by atoms with E-state index in [1.54, 1.807) is 25.7 Å². The van der Waals surface area contributed by atoms with Crippen LogP contribution in [-0.2, 0) is 35.8 Å². The van der Waals surface area contributed by atoms with E-state index in [9.17, 15) is 29.1 Å². The van der Waals surface area contributed by atoms with Gasteiger partial charge in [0.25, 0.3) is 0 Å². The second kappa shape index (κ2) is 14.4. The monoisotopic (exact) mass is 680 g/mol. The first-order valence-electron chi connectivity index (χ1n) is 17.7. The molecule has 12 nitrogen and oxygen atoms in total. The number of alkyl carbamates (subject to hydrolysis) is 1. The van der Waals surface area contributed by atoms with Crippen molar-refractivity contribution in [3.05, 3.63) is 47.5 Å². The van der Waals surface area contributed by atoms with Crippen molar-refractivity contribution < 1.29 is 38.6 Å². The van der Waals surface area contributed by atoms with Crippen molar-refractivity contribution >= 4 is 30.0 Å². The summed E-state index contributed by atoms with van der Waals surface area (Å²) in [6, 6.07) is 5.89. The molecular weight excluding hydrogens is 628 g/mol. The van der Waals surface area contributed by atoms with E-state index in [0.29, 0.717) is 25.9 Å². The lowest BCUT2D eigenvalue weighted by molar-refractivity contribution is -0.145. The number of ether oxygens (including phenoxy) is 2. The summed E-state index contributed by atoms with van der Waals surface area (Å²) in [6.07, 6.45) is 7.53. The van der Waals surface area contributed by atoms with Crippen LogP contribution in [0.3, 0.4) is 0 Å². The molecule has 3 aliphatic heterocycles. The van der Waals surface area contributed by atoms with Gasteiger partial charge >= 0.3 is 18.2 Å². The number of hydrogen-bond acceptors (Lipinski definition) is 7. The molecule has 4 aliphatic rings. The van der Waals surface area contributed by atoms with Crippen LogP contribution in [0.25, 0.3) is 0 Å². The van der Waals surface area contributed by atoms with Crippen LogP contribution < -0.4 is 10.6 Å². The topological polar surface area (TPSA) is 155 Å². The van der Waals surface area contributed by atoms with Gasteiger partial charge in [0.1, 0.15) is 29.3 Å². The van der Waals surface area contributed by atoms with Crippen molar-refractivity contribution in [1.29, 1.82) is 0 Å². The highest BCUT2D eigenvalue weighted by molar-refractivity contribution is 5.96. The molecule has 268 valence electrons. The first-order chi connectivity index (χ1) is 23.1. The number of allylic oxidation sites excluding steroid dienone is 1. The first kappa shape index (κ1) is 36.2. The smallest absolute Gasteiger partial charge is 0.410 e. The molecule has 12 heteroatoms. The summed E-state index contributed by atoms with van der Waals surface area (Å²) in [5.41, 5.74) is -0.369. The molecule has 0 unspecified atom stereocenters. The Balaban J connectivity index is 1.39. The lowest BCUT2D eigenvalue weighted by Crippen LogP contribution is -2.56. The molecule has 3 heterocycles. The number of fused-ring (bicyclic) bond motifs is 3. The van der Waals surface area contributed by atoms with Crippen LogP contribution in [0.5, 0.6) is 0 Å². The van der Waals surface area contributed by atoms with Crippen LogP contribution in [0.15, 0.2) is 36.4 Å². The Kier molecular flexibility index (Phi) is 10.6. The molecule has 5 rings (SSSR count). The van der Waals surface area contributed by atoms with Crippen molar-refractivity contribution in [1.82, 2.24) is 20.4 Å². The van der Waals surface area contributed by atoms with E-state index in [-0.39, 0.29) is 30.7 Å². The molecule has 1 aromatic carbocycles. The van der Waals surface area contributed by atoms with E-state index >= 15 is 0 Å². The Morgan fingerprint density at radius 2 is 1.76 bits per heavy atom. The maximum absolute atomic E-state index is 14.3. The fourth-order valence-corrected chi connectivity index (χ4v) is 7.44. The molecule has 2 fully saturated rings. The van der Waals surface area contributed by atoms with Gasteiger partial charge in [0, 0.05) is 30.8 Å². The fraction of sp³-hybridized carbons (Fsp3) is 0.649. The van der Waals surface area contributed by atoms with Crippen molar-refractivity contribution in [2.24, 2.45) is 5.92 Å². The van der Waals surface area contributed by atoms with Gasteiger partial charge in [-0.3, -0.25) is 9.59 Å². The fourth-order valence-electron chi connectivity index (χ4n) is 7.44. The molecule has 1 aromatic rings. The van der Waals surface area contributed by atoms with Crippen LogP contribution in [0.1, 0.15) is 104 Å². The van der Waals surface area contributed by atoms with Crippen molar-refractivity contribution in [3.63, 3.8) is 0 Å². The number of rotatable bonds is 3. The zero-order chi connectivity index (χ0) is 35.6. The lowest BCUT2D eigenvalue weighted by atomic mass is 9.78. The largest absolute Gasteiger partial charge is 0.479 e. The maximum Gasteiger partial charge on any atom is 0.410 e. The molecule has 0 radical (unpaired) electrons. The third kappa shape index (κ3) is 8.56. The number of carboxylic acids is 1. The third-order valence-corrected chi connectivity index (χ3v) is 10.0. The van der Waals surface area contributed by atoms with Gasteiger partial charge in [-0.2, -0.15) is 0 Å². The minimum Gasteiger partial charge on any atom is -0.479 e. The Morgan fingerprint density at radius 1 is 1.04 bits per heavy atom. The van der Waals surface area contributed by atoms with Gasteiger partial charge in [-0.05, 0) is 57.6 Å². The number of carboxylic acid groups (broad SMARTS) is 1. The van der Waals surface area contributed by atoms with Gasteiger partial charge in [0.15, 0.2) is 0 Å². The van der Waals surface area contributed by atoms with Crippen molar-refractivity contribution in [3.8, 4) is 0 Å². The highest BCUT2D eigenvalue weighted by Gasteiger charge is 2.61. The van der Waals surface area contributed by atoms with E-state index in [1.807, 2.05) is 30.4 Å². The van der Waals surface area contributed by atoms with E-state index in [2.05, 4.69) is 30.5 Å². The molecule has 49 heavy (non-hydrogen) atoms. The lowest BCUT2D eigenvalue weighted by Gasteiger charge is -2.39. The summed E-state index contributed by atoms with van der Waals surface area (Å²) >= 11 is 0. The summed E-state index contributed by atoms with van der Waals surface area (Å²) in [6.45, 7) is 10.1. The summed E-state index contributed by atoms with van der Waals surface area (Å²) < 4.78 is 11.5. The highest BCUT2D eigenvalue weighted by Crippen LogP contribution is 2.45. The molecule has 5 atom stereocenters. The van der Waals surface area contributed by atoms with Gasteiger partial charge in [-0.25, -0.2) is 14.4 Å². The van der Waals surface area contributed by atoms with E-state index in [4.69, 9.17) is 9.47 Å². The number of nitrogens with one attached hydrogen (secondary N) is 2. The van der Waals surface area contributed by atoms with Gasteiger partial charge in [-0.1, -0.05) is 75.9 Å². The van der Waals surface area contributed by atoms with E-state index < -0.39 is 59.3 Å². The van der Waals surface area contributed by atoms with Crippen molar-refractivity contribution in [2.45, 2.75) is 134 Å². The molecule has 1 saturated heterocycles. The minimum absolute atomic E-state index is 0.00744. The zero-order valence-corrected chi connectivity index (χ0v) is 29.5. The number of carbonyl (C=O) groups is 5. The quantitative estimate of drug-likeness (QED) is 0.376. The van der Waals surface area contributed by atoms with Gasteiger partial charge < -0.3 is 35.0 Å². The average molecular weight is 681 g/mol. The van der Waals surface area contributed by atoms with Gasteiger partial charge in [-0.15, -0.1) is 0 Å². The SMILES string of the molecule is CC(C)(C)OC(=O)N[C@H]1CCCCCCCC=C[C@@H]2C[C@@]2(C(=O)O)NC(=O)[C@@H]2C[C@@H](OC(=O)N3Cc4ccccc4C(C)(C)C3)CN2C1=O. The van der Waals surface area contributed by atoms with Crippen LogP contribution in [0.4, 0.5) is 9.59 Å². The van der Waals surface area contributed by atoms with Crippen LogP contribution in [0, 0.1) is 5.92 Å². The number of benzene rings is 1. The zero-order valence-electron chi connectivity index (χ0n) is 29.5. The number of amides is 4. The summed E-state index contributed by atoms with van der Waals surface area (Å²) in [5, 5.41) is 15.7. The van der Waals surface area contributed by atoms with E-state index in [1.165, 1.54) is 10.5 Å². The van der Waals surface area contributed by atoms with Crippen molar-refractivity contribution in [2.75, 3.05) is 13.1 Å². The predicted octanol–water partition coefficient (Wildman–Crippen LogP) is 5.04. The molecule has 1 aliphatic carbocycles. The summed E-state index contributed by atoms with van der Waals surface area (Å²) in [7, 11) is 0. The molecular formula is C37H52N4O8. The molecule has 0 aromatic heterocycles. The van der Waals surface area contributed by atoms with Crippen LogP contribution in [0.2, 0.25) is 0 Å². The van der Waals surface area contributed by atoms with Crippen LogP contribution in [-0.4, -0.2) is 87.3 Å². The average Bonchev–Trinajstić information content (AvgIpc) is 3.55. The highest BCUT2D eigenvalue weighted by atomic mass is 16.6. The summed E-state index contributed by atoms with van der Waals surface area (Å²) in [4.78, 5) is 70.2. The Labute approximate surface area is 288 Å². The number of carbonyl (C=O) groups excluding carboxylic acids is 4. The Hall–Kier alpha value is -4.09. The van der Waals surface area contributed by atoms with Crippen LogP contribution >= 0.6 is 0 Å². The Morgan fingerprint density at radius 3 is 2.49 bits per heavy atom. The maximum atomic E-state index is 14.3. The molecule has 1 saturated carbocycles. The van der Waals surface area contributed by atoms with E-state index in [0.717, 1.165) is 37.7 Å². The second-order valence-electron chi connectivity index (χ2n) is 15.7. The molecule has 4 amide bonds. The normalized spacial score (nSPS) is 29.0. The minimum atomic E-state index is -1.47. The number of hydrogen-bond donors (Lipinski definition) is 3. The Bertz CT molecular complexity index is 1470. The number of nitrogens with zero attached hydrogens (tertiary/aromatic N) is 2. The molecule has 3 N–H and O–H groups in total.